The number of fused-ring (bicyclic) bond motifs is 2. The summed E-state index contributed by atoms with van der Waals surface area (Å²) >= 11 is 0. The van der Waals surface area contributed by atoms with Gasteiger partial charge in [0.1, 0.15) is 5.69 Å². The molecule has 0 aliphatic heterocycles. The van der Waals surface area contributed by atoms with Gasteiger partial charge in [0.2, 0.25) is 0 Å². The number of carbonyl (C=O) groups excluding carboxylic acids is 1. The van der Waals surface area contributed by atoms with E-state index in [1.807, 2.05) is 12.1 Å². The van der Waals surface area contributed by atoms with E-state index >= 15 is 0 Å². The maximum atomic E-state index is 11.5. The van der Waals surface area contributed by atoms with E-state index in [1.165, 1.54) is 25.7 Å². The van der Waals surface area contributed by atoms with Crippen LogP contribution in [0.5, 0.6) is 0 Å². The quantitative estimate of drug-likeness (QED) is 0.872. The third kappa shape index (κ3) is 2.57. The highest BCUT2D eigenvalue weighted by molar-refractivity contribution is 5.92. The molecule has 1 heterocycles. The number of rotatable bonds is 4. The fourth-order valence-corrected chi connectivity index (χ4v) is 3.67. The van der Waals surface area contributed by atoms with E-state index in [9.17, 15) is 4.79 Å². The van der Waals surface area contributed by atoms with Crippen molar-refractivity contribution in [2.45, 2.75) is 25.7 Å². The van der Waals surface area contributed by atoms with E-state index in [1.54, 1.807) is 13.2 Å². The molecule has 2 saturated carbocycles. The number of carbonyl (C=O) groups is 1. The monoisotopic (exact) mass is 259 g/mol. The van der Waals surface area contributed by atoms with Crippen LogP contribution in [-0.4, -0.2) is 24.5 Å². The van der Waals surface area contributed by atoms with Gasteiger partial charge in [-0.25, -0.2) is 0 Å². The topological polar surface area (TPSA) is 54.0 Å². The van der Waals surface area contributed by atoms with Gasteiger partial charge < -0.3 is 10.6 Å². The summed E-state index contributed by atoms with van der Waals surface area (Å²) in [6.45, 7) is 1.03. The van der Waals surface area contributed by atoms with Gasteiger partial charge >= 0.3 is 0 Å². The Hall–Kier alpha value is -1.58. The average molecular weight is 259 g/mol. The number of nitrogens with one attached hydrogen (secondary N) is 2. The van der Waals surface area contributed by atoms with Gasteiger partial charge in [-0.2, -0.15) is 0 Å². The Morgan fingerprint density at radius 1 is 1.42 bits per heavy atom. The van der Waals surface area contributed by atoms with Crippen molar-refractivity contribution < 1.29 is 4.79 Å². The van der Waals surface area contributed by atoms with E-state index in [0.717, 1.165) is 30.0 Å². The zero-order valence-corrected chi connectivity index (χ0v) is 11.4. The van der Waals surface area contributed by atoms with Gasteiger partial charge in [0.05, 0.1) is 0 Å². The van der Waals surface area contributed by atoms with Gasteiger partial charge in [-0.3, -0.25) is 9.78 Å². The number of pyridine rings is 1. The molecule has 2 bridgehead atoms. The van der Waals surface area contributed by atoms with Gasteiger partial charge in [0.25, 0.3) is 5.91 Å². The maximum absolute atomic E-state index is 11.5. The van der Waals surface area contributed by atoms with Crippen LogP contribution < -0.4 is 10.6 Å². The lowest BCUT2D eigenvalue weighted by Gasteiger charge is -2.22. The molecular formula is C15H21N3O. The Balaban J connectivity index is 1.59. The first-order chi connectivity index (χ1) is 9.26. The highest BCUT2D eigenvalue weighted by atomic mass is 16.1. The van der Waals surface area contributed by atoms with Gasteiger partial charge in [0.15, 0.2) is 0 Å². The minimum Gasteiger partial charge on any atom is -0.385 e. The number of aromatic nitrogens is 1. The second-order valence-electron chi connectivity index (χ2n) is 5.82. The standard InChI is InChI=1S/C15H21N3O/c1-16-15(19)14-8-13(4-5-17-14)18-9-12-7-10-2-3-11(12)6-10/h4-5,8,10-12H,2-3,6-7,9H2,1H3,(H,16,19)(H,17,18). The lowest BCUT2D eigenvalue weighted by atomic mass is 9.89. The molecule has 4 heteroatoms. The first kappa shape index (κ1) is 12.5. The predicted octanol–water partition coefficient (Wildman–Crippen LogP) is 2.29. The highest BCUT2D eigenvalue weighted by Crippen LogP contribution is 2.48. The van der Waals surface area contributed by atoms with E-state index < -0.39 is 0 Å². The molecule has 1 aromatic heterocycles. The highest BCUT2D eigenvalue weighted by Gasteiger charge is 2.38. The van der Waals surface area contributed by atoms with E-state index in [2.05, 4.69) is 15.6 Å². The third-order valence-corrected chi connectivity index (χ3v) is 4.67. The number of amides is 1. The Bertz CT molecular complexity index is 474. The first-order valence-corrected chi connectivity index (χ1v) is 7.18. The number of nitrogens with zero attached hydrogens (tertiary/aromatic N) is 1. The second kappa shape index (κ2) is 5.19. The van der Waals surface area contributed by atoms with Crippen molar-refractivity contribution in [3.05, 3.63) is 24.0 Å². The summed E-state index contributed by atoms with van der Waals surface area (Å²) in [4.78, 5) is 15.6. The Morgan fingerprint density at radius 2 is 2.32 bits per heavy atom. The van der Waals surface area contributed by atoms with Crippen LogP contribution >= 0.6 is 0 Å². The molecule has 0 radical (unpaired) electrons. The normalized spacial score (nSPS) is 28.4. The van der Waals surface area contributed by atoms with E-state index in [4.69, 9.17) is 0 Å². The molecule has 2 aliphatic rings. The van der Waals surface area contributed by atoms with Gasteiger partial charge in [-0.1, -0.05) is 6.42 Å². The molecule has 3 atom stereocenters. The summed E-state index contributed by atoms with van der Waals surface area (Å²) in [6.07, 6.45) is 7.36. The second-order valence-corrected chi connectivity index (χ2v) is 5.82. The van der Waals surface area contributed by atoms with Gasteiger partial charge in [-0.05, 0) is 49.1 Å². The molecule has 0 saturated heterocycles. The van der Waals surface area contributed by atoms with Crippen LogP contribution in [0.25, 0.3) is 0 Å². The van der Waals surface area contributed by atoms with Crippen LogP contribution in [0.15, 0.2) is 18.3 Å². The van der Waals surface area contributed by atoms with Crippen LogP contribution in [0.1, 0.15) is 36.2 Å². The molecule has 2 N–H and O–H groups in total. The minimum atomic E-state index is -0.136. The molecule has 19 heavy (non-hydrogen) atoms. The lowest BCUT2D eigenvalue weighted by molar-refractivity contribution is 0.0958. The Kier molecular flexibility index (Phi) is 3.40. The average Bonchev–Trinajstić information content (AvgIpc) is 3.07. The SMILES string of the molecule is CNC(=O)c1cc(NCC2CC3CCC2C3)ccn1. The third-order valence-electron chi connectivity index (χ3n) is 4.67. The van der Waals surface area contributed by atoms with Crippen molar-refractivity contribution in [3.63, 3.8) is 0 Å². The number of hydrogen-bond donors (Lipinski definition) is 2. The van der Waals surface area contributed by atoms with Gasteiger partial charge in [-0.15, -0.1) is 0 Å². The van der Waals surface area contributed by atoms with Crippen molar-refractivity contribution in [2.24, 2.45) is 17.8 Å². The van der Waals surface area contributed by atoms with E-state index in [0.29, 0.717) is 5.69 Å². The summed E-state index contributed by atoms with van der Waals surface area (Å²) in [6, 6.07) is 3.76. The first-order valence-electron chi connectivity index (χ1n) is 7.18. The maximum Gasteiger partial charge on any atom is 0.269 e. The molecule has 102 valence electrons. The largest absolute Gasteiger partial charge is 0.385 e. The van der Waals surface area contributed by atoms with Crippen LogP contribution in [0.3, 0.4) is 0 Å². The Labute approximate surface area is 114 Å². The minimum absolute atomic E-state index is 0.136. The summed E-state index contributed by atoms with van der Waals surface area (Å²) < 4.78 is 0. The van der Waals surface area contributed by atoms with Crippen molar-refractivity contribution in [1.29, 1.82) is 0 Å². The zero-order chi connectivity index (χ0) is 13.2. The van der Waals surface area contributed by atoms with Crippen LogP contribution in [-0.2, 0) is 0 Å². The molecule has 3 rings (SSSR count). The summed E-state index contributed by atoms with van der Waals surface area (Å²) in [5.41, 5.74) is 1.47. The molecule has 0 aromatic carbocycles. The molecule has 4 nitrogen and oxygen atoms in total. The molecule has 0 spiro atoms. The molecule has 1 amide bonds. The van der Waals surface area contributed by atoms with Crippen molar-refractivity contribution in [2.75, 3.05) is 18.9 Å². The molecule has 2 aliphatic carbocycles. The zero-order valence-electron chi connectivity index (χ0n) is 11.4. The molecule has 3 unspecified atom stereocenters. The molecular weight excluding hydrogens is 238 g/mol. The fraction of sp³-hybridized carbons (Fsp3) is 0.600. The predicted molar refractivity (Wildman–Crippen MR) is 75.1 cm³/mol. The number of anilines is 1. The van der Waals surface area contributed by atoms with E-state index in [-0.39, 0.29) is 5.91 Å². The van der Waals surface area contributed by atoms with Crippen molar-refractivity contribution in [3.8, 4) is 0 Å². The van der Waals surface area contributed by atoms with Crippen LogP contribution in [0, 0.1) is 17.8 Å². The summed E-state index contributed by atoms with van der Waals surface area (Å²) in [5, 5.41) is 6.07. The van der Waals surface area contributed by atoms with Crippen molar-refractivity contribution >= 4 is 11.6 Å². The fourth-order valence-electron chi connectivity index (χ4n) is 3.67. The smallest absolute Gasteiger partial charge is 0.269 e. The van der Waals surface area contributed by atoms with Crippen molar-refractivity contribution in [1.82, 2.24) is 10.3 Å². The Morgan fingerprint density at radius 3 is 3.00 bits per heavy atom. The lowest BCUT2D eigenvalue weighted by Crippen LogP contribution is -2.21. The molecule has 1 aromatic rings. The summed E-state index contributed by atoms with van der Waals surface area (Å²) in [7, 11) is 1.62. The van der Waals surface area contributed by atoms with Crippen LogP contribution in [0.4, 0.5) is 5.69 Å². The van der Waals surface area contributed by atoms with Crippen LogP contribution in [0.2, 0.25) is 0 Å². The number of hydrogen-bond acceptors (Lipinski definition) is 3. The summed E-state index contributed by atoms with van der Waals surface area (Å²) in [5.74, 6) is 2.59. The van der Waals surface area contributed by atoms with Gasteiger partial charge in [0, 0.05) is 25.5 Å². The molecule has 2 fully saturated rings.